The summed E-state index contributed by atoms with van der Waals surface area (Å²) in [6.45, 7) is 2.27. The van der Waals surface area contributed by atoms with E-state index in [0.717, 1.165) is 4.90 Å². The van der Waals surface area contributed by atoms with Gasteiger partial charge in [0.25, 0.3) is 0 Å². The minimum Gasteiger partial charge on any atom is -0.480 e. The number of carboxylic acid groups (broad SMARTS) is 1. The minimum absolute atomic E-state index is 0.240. The third kappa shape index (κ3) is 5.60. The number of amides is 3. The van der Waals surface area contributed by atoms with Crippen molar-refractivity contribution < 1.29 is 29.4 Å². The molecule has 0 saturated carbocycles. The van der Waals surface area contributed by atoms with Crippen molar-refractivity contribution in [2.75, 3.05) is 18.6 Å². The Balaban J connectivity index is 2.80. The number of carboxylic acids is 1. The van der Waals surface area contributed by atoms with Crippen LogP contribution in [0.2, 0.25) is 0 Å². The summed E-state index contributed by atoms with van der Waals surface area (Å²) < 4.78 is 0. The molecule has 1 fully saturated rings. The molecule has 1 rings (SSSR count). The van der Waals surface area contributed by atoms with E-state index in [9.17, 15) is 24.3 Å². The number of rotatable bonds is 9. The number of likely N-dealkylation sites (tertiary alicyclic amines) is 1. The first-order valence-electron chi connectivity index (χ1n) is 7.95. The van der Waals surface area contributed by atoms with Gasteiger partial charge in [-0.15, -0.1) is 0 Å². The maximum absolute atomic E-state index is 12.5. The van der Waals surface area contributed by atoms with Gasteiger partial charge in [0.15, 0.2) is 6.04 Å². The summed E-state index contributed by atoms with van der Waals surface area (Å²) in [6.07, 6.45) is 2.54. The second-order valence-corrected chi connectivity index (χ2v) is 6.95. The number of nitrogens with zero attached hydrogens (tertiary/aromatic N) is 1. The van der Waals surface area contributed by atoms with Crippen LogP contribution in [0.1, 0.15) is 26.7 Å². The average Bonchev–Trinajstić information content (AvgIpc) is 2.79. The second-order valence-electron chi connectivity index (χ2n) is 5.96. The topological polar surface area (TPSA) is 136 Å². The summed E-state index contributed by atoms with van der Waals surface area (Å²) in [5.41, 5.74) is 0. The number of carbonyl (C=O) groups is 4. The van der Waals surface area contributed by atoms with Gasteiger partial charge in [0.2, 0.25) is 17.7 Å². The van der Waals surface area contributed by atoms with Crippen molar-refractivity contribution in [3.63, 3.8) is 0 Å². The van der Waals surface area contributed by atoms with Crippen LogP contribution < -0.4 is 10.6 Å². The van der Waals surface area contributed by atoms with Crippen LogP contribution >= 0.6 is 11.8 Å². The van der Waals surface area contributed by atoms with E-state index in [2.05, 4.69) is 10.6 Å². The van der Waals surface area contributed by atoms with Gasteiger partial charge in [0.05, 0.1) is 6.61 Å². The van der Waals surface area contributed by atoms with Gasteiger partial charge in [-0.2, -0.15) is 11.8 Å². The second kappa shape index (κ2) is 9.62. The van der Waals surface area contributed by atoms with Crippen molar-refractivity contribution >= 4 is 35.5 Å². The maximum atomic E-state index is 12.5. The zero-order valence-corrected chi connectivity index (χ0v) is 15.3. The first-order chi connectivity index (χ1) is 11.7. The van der Waals surface area contributed by atoms with Crippen molar-refractivity contribution in [1.82, 2.24) is 15.5 Å². The number of aliphatic hydroxyl groups is 1. The number of carbonyl (C=O) groups excluding carboxylic acids is 3. The Morgan fingerprint density at radius 2 is 2.04 bits per heavy atom. The summed E-state index contributed by atoms with van der Waals surface area (Å²) >= 11 is 1.53. The third-order valence-electron chi connectivity index (χ3n) is 4.02. The molecule has 1 aliphatic rings. The van der Waals surface area contributed by atoms with Crippen molar-refractivity contribution in [3.8, 4) is 0 Å². The Morgan fingerprint density at radius 3 is 2.52 bits per heavy atom. The molecule has 0 bridgehead atoms. The van der Waals surface area contributed by atoms with E-state index in [4.69, 9.17) is 5.11 Å². The number of aliphatic hydroxyl groups excluding tert-OH is 1. The number of hydrogen-bond donors (Lipinski definition) is 4. The Morgan fingerprint density at radius 1 is 1.40 bits per heavy atom. The predicted molar refractivity (Wildman–Crippen MR) is 92.0 cm³/mol. The molecule has 4 atom stereocenters. The molecule has 0 aliphatic carbocycles. The van der Waals surface area contributed by atoms with Crippen LogP contribution in [0.15, 0.2) is 0 Å². The zero-order valence-electron chi connectivity index (χ0n) is 14.5. The third-order valence-corrected chi connectivity index (χ3v) is 4.66. The van der Waals surface area contributed by atoms with Gasteiger partial charge < -0.3 is 25.7 Å². The molecule has 1 heterocycles. The maximum Gasteiger partial charge on any atom is 0.328 e. The van der Waals surface area contributed by atoms with Gasteiger partial charge in [0.1, 0.15) is 12.1 Å². The molecule has 142 valence electrons. The molecule has 0 radical (unpaired) electrons. The van der Waals surface area contributed by atoms with E-state index < -0.39 is 48.6 Å². The smallest absolute Gasteiger partial charge is 0.328 e. The molecular formula is C15H25N3O6S. The molecule has 25 heavy (non-hydrogen) atoms. The summed E-state index contributed by atoms with van der Waals surface area (Å²) in [5.74, 6) is -2.02. The molecule has 4 unspecified atom stereocenters. The van der Waals surface area contributed by atoms with E-state index in [-0.39, 0.29) is 12.3 Å². The zero-order chi connectivity index (χ0) is 19.1. The number of aliphatic carboxylic acids is 1. The van der Waals surface area contributed by atoms with Crippen molar-refractivity contribution in [2.45, 2.75) is 50.9 Å². The van der Waals surface area contributed by atoms with Gasteiger partial charge in [-0.1, -0.05) is 0 Å². The standard InChI is InChI=1S/C15H25N3O6S/c1-8-6-11(14(22)18(8)12(7-19)15(23)24)17-13(21)10(4-5-25-3)16-9(2)20/h8,10-12,19H,4-7H2,1-3H3,(H,16,20)(H,17,21)(H,23,24). The fourth-order valence-electron chi connectivity index (χ4n) is 2.84. The summed E-state index contributed by atoms with van der Waals surface area (Å²) in [4.78, 5) is 48.4. The van der Waals surface area contributed by atoms with Crippen molar-refractivity contribution in [2.24, 2.45) is 0 Å². The Bertz CT molecular complexity index is 529. The van der Waals surface area contributed by atoms with Crippen LogP contribution in [0.4, 0.5) is 0 Å². The predicted octanol–water partition coefficient (Wildman–Crippen LogP) is -1.20. The monoisotopic (exact) mass is 375 g/mol. The summed E-state index contributed by atoms with van der Waals surface area (Å²) in [7, 11) is 0. The lowest BCUT2D eigenvalue weighted by atomic mass is 10.1. The van der Waals surface area contributed by atoms with E-state index in [1.807, 2.05) is 6.26 Å². The van der Waals surface area contributed by atoms with Crippen molar-refractivity contribution in [1.29, 1.82) is 0 Å². The molecule has 0 spiro atoms. The molecule has 1 aliphatic heterocycles. The number of thioether (sulfide) groups is 1. The van der Waals surface area contributed by atoms with Gasteiger partial charge in [-0.3, -0.25) is 14.4 Å². The molecule has 9 nitrogen and oxygen atoms in total. The first-order valence-corrected chi connectivity index (χ1v) is 9.34. The van der Waals surface area contributed by atoms with Crippen LogP contribution in [0.25, 0.3) is 0 Å². The normalized spacial score (nSPS) is 22.4. The fourth-order valence-corrected chi connectivity index (χ4v) is 3.31. The Hall–Kier alpha value is -1.81. The van der Waals surface area contributed by atoms with Crippen LogP contribution in [0.3, 0.4) is 0 Å². The molecule has 1 saturated heterocycles. The molecule has 4 N–H and O–H groups in total. The van der Waals surface area contributed by atoms with Gasteiger partial charge in [0, 0.05) is 13.0 Å². The van der Waals surface area contributed by atoms with Crippen LogP contribution in [-0.2, 0) is 19.2 Å². The lowest BCUT2D eigenvalue weighted by Gasteiger charge is -2.27. The van der Waals surface area contributed by atoms with Gasteiger partial charge >= 0.3 is 5.97 Å². The first kappa shape index (κ1) is 21.2. The highest BCUT2D eigenvalue weighted by molar-refractivity contribution is 7.98. The summed E-state index contributed by atoms with van der Waals surface area (Å²) in [5, 5.41) is 23.5. The minimum atomic E-state index is -1.34. The molecule has 10 heteroatoms. The lowest BCUT2D eigenvalue weighted by Crippen LogP contribution is -2.53. The van der Waals surface area contributed by atoms with Crippen LogP contribution in [0.5, 0.6) is 0 Å². The van der Waals surface area contributed by atoms with Crippen molar-refractivity contribution in [3.05, 3.63) is 0 Å². The largest absolute Gasteiger partial charge is 0.480 e. The van der Waals surface area contributed by atoms with Crippen LogP contribution in [0, 0.1) is 0 Å². The number of nitrogens with one attached hydrogen (secondary N) is 2. The molecule has 0 aromatic heterocycles. The van der Waals surface area contributed by atoms with Crippen LogP contribution in [-0.4, -0.2) is 81.6 Å². The molecule has 0 aromatic carbocycles. The highest BCUT2D eigenvalue weighted by atomic mass is 32.2. The fraction of sp³-hybridized carbons (Fsp3) is 0.733. The van der Waals surface area contributed by atoms with E-state index >= 15 is 0 Å². The lowest BCUT2D eigenvalue weighted by molar-refractivity contribution is -0.151. The average molecular weight is 375 g/mol. The highest BCUT2D eigenvalue weighted by Gasteiger charge is 2.44. The molecule has 3 amide bonds. The van der Waals surface area contributed by atoms with Gasteiger partial charge in [-0.25, -0.2) is 4.79 Å². The Kier molecular flexibility index (Phi) is 8.17. The Labute approximate surface area is 150 Å². The SMILES string of the molecule is CSCCC(NC(C)=O)C(=O)NC1CC(C)N(C(CO)C(=O)O)C1=O. The van der Waals surface area contributed by atoms with E-state index in [0.29, 0.717) is 12.2 Å². The van der Waals surface area contributed by atoms with E-state index in [1.165, 1.54) is 18.7 Å². The molecule has 0 aromatic rings. The van der Waals surface area contributed by atoms with E-state index in [1.54, 1.807) is 6.92 Å². The molecular weight excluding hydrogens is 350 g/mol. The quantitative estimate of drug-likeness (QED) is 0.397. The van der Waals surface area contributed by atoms with Gasteiger partial charge in [-0.05, 0) is 31.8 Å². The summed E-state index contributed by atoms with van der Waals surface area (Å²) in [6, 6.07) is -3.40. The highest BCUT2D eigenvalue weighted by Crippen LogP contribution is 2.22. The number of hydrogen-bond acceptors (Lipinski definition) is 6.